The van der Waals surface area contributed by atoms with Gasteiger partial charge in [0.1, 0.15) is 6.10 Å². The summed E-state index contributed by atoms with van der Waals surface area (Å²) in [5, 5.41) is 16.3. The van der Waals surface area contributed by atoms with E-state index in [0.717, 1.165) is 34.0 Å². The average molecular weight is 500 g/mol. The molecule has 1 fully saturated rings. The molecule has 188 valence electrons. The number of aliphatic carboxylic acids is 1. The Kier molecular flexibility index (Phi) is 6.25. The fraction of sp³-hybridized carbons (Fsp3) is 0.207. The highest BCUT2D eigenvalue weighted by atomic mass is 19.1. The molecule has 37 heavy (non-hydrogen) atoms. The molecule has 2 N–H and O–H groups in total. The molecule has 1 heterocycles. The van der Waals surface area contributed by atoms with Crippen molar-refractivity contribution in [2.24, 2.45) is 0 Å². The van der Waals surface area contributed by atoms with Crippen molar-refractivity contribution in [3.8, 4) is 16.8 Å². The molecule has 0 aliphatic heterocycles. The van der Waals surface area contributed by atoms with E-state index in [4.69, 9.17) is 4.74 Å². The van der Waals surface area contributed by atoms with Crippen LogP contribution in [0.5, 0.6) is 0 Å². The molecule has 4 aromatic rings. The van der Waals surface area contributed by atoms with Crippen LogP contribution in [0.2, 0.25) is 0 Å². The lowest BCUT2D eigenvalue weighted by Gasteiger charge is -2.16. The molecule has 1 aromatic heterocycles. The average Bonchev–Trinajstić information content (AvgIpc) is 3.64. The maximum atomic E-state index is 14.5. The number of nitrogens with zero attached hydrogens (tertiary/aromatic N) is 2. The summed E-state index contributed by atoms with van der Waals surface area (Å²) in [5.74, 6) is -1.62. The molecule has 1 unspecified atom stereocenters. The smallest absolute Gasteiger partial charge is 0.413 e. The van der Waals surface area contributed by atoms with Gasteiger partial charge >= 0.3 is 12.1 Å². The Morgan fingerprint density at radius 2 is 1.73 bits per heavy atom. The summed E-state index contributed by atoms with van der Waals surface area (Å²) < 4.78 is 21.2. The summed E-state index contributed by atoms with van der Waals surface area (Å²) in [6, 6.07) is 22.3. The molecule has 0 bridgehead atoms. The standard InChI is InChI=1S/C29H26FN3O4/c1-18-8-9-22(16-24(18)29(14-15-29)27(34)35)21-10-12-23(13-11-21)33-26(25(30)17-31-33)32-28(36)37-19(2)20-6-4-3-5-7-20/h3-13,16-17,19H,14-15H2,1-2H3,(H,32,36)(H,34,35). The fourth-order valence-corrected chi connectivity index (χ4v) is 4.55. The molecule has 0 saturated heterocycles. The van der Waals surface area contributed by atoms with E-state index in [1.54, 1.807) is 19.1 Å². The number of amides is 1. The van der Waals surface area contributed by atoms with Crippen molar-refractivity contribution in [3.63, 3.8) is 0 Å². The zero-order chi connectivity index (χ0) is 26.2. The van der Waals surface area contributed by atoms with E-state index < -0.39 is 29.4 Å². The van der Waals surface area contributed by atoms with Crippen LogP contribution in [0.1, 0.15) is 42.6 Å². The number of carbonyl (C=O) groups excluding carboxylic acids is 1. The number of carbonyl (C=O) groups is 2. The van der Waals surface area contributed by atoms with Crippen molar-refractivity contribution in [2.75, 3.05) is 5.32 Å². The minimum absolute atomic E-state index is 0.132. The Morgan fingerprint density at radius 3 is 2.38 bits per heavy atom. The second-order valence-corrected chi connectivity index (χ2v) is 9.30. The van der Waals surface area contributed by atoms with E-state index in [1.807, 2.05) is 67.6 Å². The minimum atomic E-state index is -0.798. The number of carboxylic acid groups (broad SMARTS) is 1. The number of anilines is 1. The monoisotopic (exact) mass is 499 g/mol. The topological polar surface area (TPSA) is 93.5 Å². The Balaban J connectivity index is 1.35. The molecule has 7 nitrogen and oxygen atoms in total. The van der Waals surface area contributed by atoms with Crippen LogP contribution in [0.15, 0.2) is 79.0 Å². The second kappa shape index (κ2) is 9.54. The van der Waals surface area contributed by atoms with Gasteiger partial charge in [-0.1, -0.05) is 54.6 Å². The van der Waals surface area contributed by atoms with Crippen molar-refractivity contribution in [3.05, 3.63) is 102 Å². The summed E-state index contributed by atoms with van der Waals surface area (Å²) in [6.45, 7) is 3.66. The van der Waals surface area contributed by atoms with Crippen LogP contribution in [0, 0.1) is 12.7 Å². The maximum Gasteiger partial charge on any atom is 0.413 e. The summed E-state index contributed by atoms with van der Waals surface area (Å²) in [7, 11) is 0. The molecule has 0 spiro atoms. The van der Waals surface area contributed by atoms with Gasteiger partial charge in [0.05, 0.1) is 17.3 Å². The molecule has 5 rings (SSSR count). The van der Waals surface area contributed by atoms with Crippen LogP contribution in [0.4, 0.5) is 15.0 Å². The third kappa shape index (κ3) is 4.70. The number of ether oxygens (including phenoxy) is 1. The number of benzene rings is 3. The molecule has 0 radical (unpaired) electrons. The normalized spacial score (nSPS) is 14.6. The van der Waals surface area contributed by atoms with E-state index in [1.165, 1.54) is 4.68 Å². The first-order valence-corrected chi connectivity index (χ1v) is 12.0. The van der Waals surface area contributed by atoms with Gasteiger partial charge in [-0.2, -0.15) is 5.10 Å². The lowest BCUT2D eigenvalue weighted by atomic mass is 9.89. The third-order valence-electron chi connectivity index (χ3n) is 6.86. The Morgan fingerprint density at radius 1 is 1.05 bits per heavy atom. The Labute approximate surface area is 213 Å². The molecule has 1 saturated carbocycles. The van der Waals surface area contributed by atoms with Gasteiger partial charge in [-0.3, -0.25) is 10.1 Å². The highest BCUT2D eigenvalue weighted by Gasteiger charge is 2.52. The second-order valence-electron chi connectivity index (χ2n) is 9.30. The molecule has 3 aromatic carbocycles. The lowest BCUT2D eigenvalue weighted by Crippen LogP contribution is -2.20. The SMILES string of the molecule is Cc1ccc(-c2ccc(-n3ncc(F)c3NC(=O)OC(C)c3ccccc3)cc2)cc1C1(C(=O)O)CC1. The summed E-state index contributed by atoms with van der Waals surface area (Å²) >= 11 is 0. The van der Waals surface area contributed by atoms with E-state index in [2.05, 4.69) is 10.4 Å². The molecule has 8 heteroatoms. The fourth-order valence-electron chi connectivity index (χ4n) is 4.55. The number of rotatable bonds is 7. The van der Waals surface area contributed by atoms with Crippen LogP contribution in [0.3, 0.4) is 0 Å². The van der Waals surface area contributed by atoms with E-state index >= 15 is 0 Å². The lowest BCUT2D eigenvalue weighted by molar-refractivity contribution is -0.140. The quantitative estimate of drug-likeness (QED) is 0.306. The Bertz CT molecular complexity index is 1460. The van der Waals surface area contributed by atoms with Gasteiger partial charge < -0.3 is 9.84 Å². The van der Waals surface area contributed by atoms with Gasteiger partial charge in [0.25, 0.3) is 0 Å². The van der Waals surface area contributed by atoms with E-state index in [0.29, 0.717) is 18.5 Å². The maximum absolute atomic E-state index is 14.5. The van der Waals surface area contributed by atoms with Crippen molar-refractivity contribution in [1.82, 2.24) is 9.78 Å². The predicted molar refractivity (Wildman–Crippen MR) is 137 cm³/mol. The number of nitrogens with one attached hydrogen (secondary N) is 1. The first kappa shape index (κ1) is 24.2. The highest BCUT2D eigenvalue weighted by Crippen LogP contribution is 2.50. The Hall–Kier alpha value is -4.46. The molecule has 1 aliphatic rings. The predicted octanol–water partition coefficient (Wildman–Crippen LogP) is 6.41. The summed E-state index contributed by atoms with van der Waals surface area (Å²) in [5.41, 5.74) is 4.13. The van der Waals surface area contributed by atoms with Crippen molar-refractivity contribution in [2.45, 2.75) is 38.2 Å². The number of hydrogen-bond acceptors (Lipinski definition) is 4. The van der Waals surface area contributed by atoms with E-state index in [-0.39, 0.29) is 5.82 Å². The highest BCUT2D eigenvalue weighted by molar-refractivity contribution is 5.86. The van der Waals surface area contributed by atoms with Crippen molar-refractivity contribution >= 4 is 17.9 Å². The first-order valence-electron chi connectivity index (χ1n) is 12.0. The van der Waals surface area contributed by atoms with Crippen molar-refractivity contribution < 1.29 is 23.8 Å². The number of hydrogen-bond donors (Lipinski definition) is 2. The number of aryl methyl sites for hydroxylation is 1. The van der Waals surface area contributed by atoms with Gasteiger partial charge in [-0.25, -0.2) is 13.9 Å². The van der Waals surface area contributed by atoms with Gasteiger partial charge in [-0.15, -0.1) is 0 Å². The molecule has 1 atom stereocenters. The van der Waals surface area contributed by atoms with Gasteiger partial charge in [0, 0.05) is 0 Å². The number of carboxylic acids is 1. The van der Waals surface area contributed by atoms with E-state index in [9.17, 15) is 19.1 Å². The zero-order valence-corrected chi connectivity index (χ0v) is 20.4. The molecule has 1 aliphatic carbocycles. The van der Waals surface area contributed by atoms with Crippen LogP contribution in [-0.4, -0.2) is 26.9 Å². The van der Waals surface area contributed by atoms with Crippen LogP contribution >= 0.6 is 0 Å². The molecular formula is C29H26FN3O4. The van der Waals surface area contributed by atoms with Crippen molar-refractivity contribution in [1.29, 1.82) is 0 Å². The first-order chi connectivity index (χ1) is 17.8. The van der Waals surface area contributed by atoms with Gasteiger partial charge in [0.2, 0.25) is 0 Å². The molecule has 1 amide bonds. The molecular weight excluding hydrogens is 473 g/mol. The third-order valence-corrected chi connectivity index (χ3v) is 6.86. The van der Waals surface area contributed by atoms with Crippen LogP contribution in [-0.2, 0) is 14.9 Å². The largest absolute Gasteiger partial charge is 0.481 e. The van der Waals surface area contributed by atoms with Gasteiger partial charge in [0.15, 0.2) is 11.6 Å². The number of aromatic nitrogens is 2. The van der Waals surface area contributed by atoms with Crippen LogP contribution in [0.25, 0.3) is 16.8 Å². The number of halogens is 1. The van der Waals surface area contributed by atoms with Crippen LogP contribution < -0.4 is 5.32 Å². The minimum Gasteiger partial charge on any atom is -0.481 e. The summed E-state index contributed by atoms with van der Waals surface area (Å²) in [4.78, 5) is 24.3. The van der Waals surface area contributed by atoms with Gasteiger partial charge in [-0.05, 0) is 72.7 Å². The zero-order valence-electron chi connectivity index (χ0n) is 20.4. The summed E-state index contributed by atoms with van der Waals surface area (Å²) in [6.07, 6.45) is 0.984.